The molecule has 0 radical (unpaired) electrons. The van der Waals surface area contributed by atoms with Crippen molar-refractivity contribution in [3.05, 3.63) is 28.2 Å². The van der Waals surface area contributed by atoms with Crippen molar-refractivity contribution in [3.8, 4) is 0 Å². The highest BCUT2D eigenvalue weighted by atomic mass is 79.9. The van der Waals surface area contributed by atoms with Gasteiger partial charge in [-0.3, -0.25) is 4.79 Å². The summed E-state index contributed by atoms with van der Waals surface area (Å²) in [6.07, 6.45) is 3.44. The molecule has 0 heterocycles. The van der Waals surface area contributed by atoms with E-state index in [-0.39, 0.29) is 16.4 Å². The Labute approximate surface area is 125 Å². The van der Waals surface area contributed by atoms with E-state index in [0.717, 1.165) is 12.3 Å². The van der Waals surface area contributed by atoms with Crippen molar-refractivity contribution in [1.82, 2.24) is 5.32 Å². The predicted molar refractivity (Wildman–Crippen MR) is 76.9 cm³/mol. The zero-order valence-electron chi connectivity index (χ0n) is 10.0. The topological polar surface area (TPSA) is 63.2 Å². The molecular weight excluding hydrogens is 354 g/mol. The normalized spacial score (nSPS) is 15.3. The molecule has 0 saturated heterocycles. The lowest BCUT2D eigenvalue weighted by molar-refractivity contribution is 0.0951. The maximum Gasteiger partial charge on any atom is 0.261 e. The van der Waals surface area contributed by atoms with Crippen molar-refractivity contribution in [3.63, 3.8) is 0 Å². The summed E-state index contributed by atoms with van der Waals surface area (Å²) < 4.78 is 23.0. The van der Waals surface area contributed by atoms with E-state index in [4.69, 9.17) is 10.7 Å². The third kappa shape index (κ3) is 4.19. The summed E-state index contributed by atoms with van der Waals surface area (Å²) in [7, 11) is 1.44. The minimum absolute atomic E-state index is 0.0790. The van der Waals surface area contributed by atoms with Crippen LogP contribution in [0.15, 0.2) is 27.6 Å². The van der Waals surface area contributed by atoms with Crippen molar-refractivity contribution in [2.24, 2.45) is 5.92 Å². The lowest BCUT2D eigenvalue weighted by atomic mass is 10.2. The summed E-state index contributed by atoms with van der Waals surface area (Å²) in [6.45, 7) is 0.605. The van der Waals surface area contributed by atoms with Crippen molar-refractivity contribution in [1.29, 1.82) is 0 Å². The molecule has 1 aliphatic carbocycles. The molecule has 0 atom stereocenters. The molecule has 1 aromatic rings. The van der Waals surface area contributed by atoms with E-state index in [9.17, 15) is 13.2 Å². The van der Waals surface area contributed by atoms with Crippen molar-refractivity contribution >= 4 is 41.6 Å². The van der Waals surface area contributed by atoms with Crippen LogP contribution in [0.5, 0.6) is 0 Å². The molecule has 2 rings (SSSR count). The van der Waals surface area contributed by atoms with E-state index in [0.29, 0.717) is 11.0 Å². The van der Waals surface area contributed by atoms with Crippen molar-refractivity contribution < 1.29 is 13.2 Å². The Hall–Kier alpha value is -0.590. The summed E-state index contributed by atoms with van der Waals surface area (Å²) in [6, 6.07) is 4.14. The fourth-order valence-corrected chi connectivity index (χ4v) is 2.93. The van der Waals surface area contributed by atoms with Crippen molar-refractivity contribution in [2.45, 2.75) is 24.2 Å². The molecule has 0 aliphatic heterocycles. The van der Waals surface area contributed by atoms with Crippen LogP contribution in [0.4, 0.5) is 0 Å². The van der Waals surface area contributed by atoms with Crippen LogP contribution in [0.1, 0.15) is 29.6 Å². The van der Waals surface area contributed by atoms with Gasteiger partial charge in [0.25, 0.3) is 15.0 Å². The smallest absolute Gasteiger partial charge is 0.261 e. The zero-order chi connectivity index (χ0) is 14.0. The van der Waals surface area contributed by atoms with Gasteiger partial charge in [-0.15, -0.1) is 0 Å². The SMILES string of the molecule is O=C(NCCC1CC1)c1cc(S(=O)(=O)Cl)ccc1Br. The quantitative estimate of drug-likeness (QED) is 0.815. The van der Waals surface area contributed by atoms with Crippen LogP contribution in [-0.2, 0) is 9.05 Å². The van der Waals surface area contributed by atoms with Gasteiger partial charge in [-0.05, 0) is 46.5 Å². The average Bonchev–Trinajstić information content (AvgIpc) is 3.12. The number of carbonyl (C=O) groups is 1. The first-order valence-corrected chi connectivity index (χ1v) is 9.00. The Morgan fingerprint density at radius 3 is 2.68 bits per heavy atom. The van der Waals surface area contributed by atoms with Gasteiger partial charge in [0.1, 0.15) is 0 Å². The Balaban J connectivity index is 2.10. The number of hydrogen-bond acceptors (Lipinski definition) is 3. The largest absolute Gasteiger partial charge is 0.352 e. The molecule has 1 fully saturated rings. The number of rotatable bonds is 5. The highest BCUT2D eigenvalue weighted by molar-refractivity contribution is 9.10. The first kappa shape index (κ1) is 14.8. The highest BCUT2D eigenvalue weighted by Gasteiger charge is 2.21. The van der Waals surface area contributed by atoms with Crippen LogP contribution in [0.25, 0.3) is 0 Å². The fraction of sp³-hybridized carbons (Fsp3) is 0.417. The minimum Gasteiger partial charge on any atom is -0.352 e. The second kappa shape index (κ2) is 5.81. The Morgan fingerprint density at radius 2 is 2.11 bits per heavy atom. The number of carbonyl (C=O) groups excluding carboxylic acids is 1. The molecule has 1 saturated carbocycles. The van der Waals surface area contributed by atoms with Crippen LogP contribution in [-0.4, -0.2) is 20.9 Å². The van der Waals surface area contributed by atoms with Gasteiger partial charge in [0.15, 0.2) is 0 Å². The highest BCUT2D eigenvalue weighted by Crippen LogP contribution is 2.31. The molecule has 104 valence electrons. The third-order valence-corrected chi connectivity index (χ3v) is 5.04. The van der Waals surface area contributed by atoms with Gasteiger partial charge in [0.2, 0.25) is 0 Å². The standard InChI is InChI=1S/C12H13BrClNO3S/c13-11-4-3-9(19(14,17)18)7-10(11)12(16)15-6-5-8-1-2-8/h3-4,7-8H,1-2,5-6H2,(H,15,16). The van der Waals surface area contributed by atoms with Gasteiger partial charge in [-0.2, -0.15) is 0 Å². The van der Waals surface area contributed by atoms with E-state index in [1.165, 1.54) is 31.0 Å². The molecule has 1 amide bonds. The molecule has 0 aromatic heterocycles. The fourth-order valence-electron chi connectivity index (χ4n) is 1.72. The molecule has 1 aliphatic rings. The summed E-state index contributed by atoms with van der Waals surface area (Å²) in [4.78, 5) is 11.9. The Bertz CT molecular complexity index is 599. The summed E-state index contributed by atoms with van der Waals surface area (Å²) in [5.74, 6) is 0.438. The summed E-state index contributed by atoms with van der Waals surface area (Å²) in [5, 5.41) is 2.78. The lowest BCUT2D eigenvalue weighted by Crippen LogP contribution is -2.25. The summed E-state index contributed by atoms with van der Waals surface area (Å²) in [5.41, 5.74) is 0.275. The zero-order valence-corrected chi connectivity index (χ0v) is 13.2. The average molecular weight is 367 g/mol. The van der Waals surface area contributed by atoms with Crippen LogP contribution < -0.4 is 5.32 Å². The number of hydrogen-bond donors (Lipinski definition) is 1. The maximum atomic E-state index is 12.0. The number of benzene rings is 1. The number of nitrogens with one attached hydrogen (secondary N) is 1. The number of amides is 1. The first-order valence-electron chi connectivity index (χ1n) is 5.90. The third-order valence-electron chi connectivity index (χ3n) is 3.00. The van der Waals surface area contributed by atoms with Crippen LogP contribution in [0, 0.1) is 5.92 Å². The van der Waals surface area contributed by atoms with E-state index < -0.39 is 9.05 Å². The van der Waals surface area contributed by atoms with Gasteiger partial charge in [0.05, 0.1) is 10.5 Å². The lowest BCUT2D eigenvalue weighted by Gasteiger charge is -2.07. The number of halogens is 2. The molecule has 0 spiro atoms. The molecular formula is C12H13BrClNO3S. The van der Waals surface area contributed by atoms with Crippen molar-refractivity contribution in [2.75, 3.05) is 6.54 Å². The predicted octanol–water partition coefficient (Wildman–Crippen LogP) is 2.91. The van der Waals surface area contributed by atoms with Gasteiger partial charge in [0, 0.05) is 21.7 Å². The Kier molecular flexibility index (Phi) is 4.53. The molecule has 19 heavy (non-hydrogen) atoms. The van der Waals surface area contributed by atoms with Gasteiger partial charge < -0.3 is 5.32 Å². The molecule has 0 bridgehead atoms. The second-order valence-corrected chi connectivity index (χ2v) is 7.99. The van der Waals surface area contributed by atoms with E-state index in [1.807, 2.05) is 0 Å². The van der Waals surface area contributed by atoms with Gasteiger partial charge >= 0.3 is 0 Å². The van der Waals surface area contributed by atoms with Crippen LogP contribution in [0.2, 0.25) is 0 Å². The van der Waals surface area contributed by atoms with Gasteiger partial charge in [-0.1, -0.05) is 12.8 Å². The minimum atomic E-state index is -3.83. The van der Waals surface area contributed by atoms with Crippen LogP contribution >= 0.6 is 26.6 Å². The summed E-state index contributed by atoms with van der Waals surface area (Å²) >= 11 is 3.23. The monoisotopic (exact) mass is 365 g/mol. The molecule has 7 heteroatoms. The molecule has 4 nitrogen and oxygen atoms in total. The molecule has 1 aromatic carbocycles. The second-order valence-electron chi connectivity index (χ2n) is 4.57. The maximum absolute atomic E-state index is 12.0. The van der Waals surface area contributed by atoms with E-state index in [2.05, 4.69) is 21.2 Å². The van der Waals surface area contributed by atoms with E-state index in [1.54, 1.807) is 0 Å². The molecule has 0 unspecified atom stereocenters. The molecule has 1 N–H and O–H groups in total. The Morgan fingerprint density at radius 1 is 1.42 bits per heavy atom. The first-order chi connectivity index (χ1) is 8.88. The van der Waals surface area contributed by atoms with Gasteiger partial charge in [-0.25, -0.2) is 8.42 Å². The van der Waals surface area contributed by atoms with E-state index >= 15 is 0 Å². The van der Waals surface area contributed by atoms with Crippen LogP contribution in [0.3, 0.4) is 0 Å².